The highest BCUT2D eigenvalue weighted by molar-refractivity contribution is 6.00. The lowest BCUT2D eigenvalue weighted by molar-refractivity contribution is -0.123. The average molecular weight is 415 g/mol. The molecule has 0 radical (unpaired) electrons. The van der Waals surface area contributed by atoms with Crippen LogP contribution in [0.4, 0.5) is 0 Å². The van der Waals surface area contributed by atoms with E-state index in [-0.39, 0.29) is 23.9 Å². The van der Waals surface area contributed by atoms with Crippen LogP contribution in [0, 0.1) is 5.92 Å². The maximum Gasteiger partial charge on any atom is 0.259 e. The fourth-order valence-corrected chi connectivity index (χ4v) is 4.72. The Balaban J connectivity index is 1.60. The second-order valence-electron chi connectivity index (χ2n) is 8.30. The fourth-order valence-electron chi connectivity index (χ4n) is 4.72. The molecule has 1 aromatic heterocycles. The van der Waals surface area contributed by atoms with Crippen LogP contribution in [-0.2, 0) is 17.8 Å². The monoisotopic (exact) mass is 414 g/mol. The maximum absolute atomic E-state index is 13.3. The van der Waals surface area contributed by atoms with Crippen molar-refractivity contribution in [2.75, 3.05) is 46.4 Å². The molecule has 8 heteroatoms. The molecule has 2 amide bonds. The molecule has 0 unspecified atom stereocenters. The number of carbonyl (C=O) groups is 2. The van der Waals surface area contributed by atoms with Crippen LogP contribution in [-0.4, -0.2) is 72.6 Å². The van der Waals surface area contributed by atoms with Crippen molar-refractivity contribution < 1.29 is 14.3 Å². The van der Waals surface area contributed by atoms with Crippen molar-refractivity contribution >= 4 is 11.8 Å². The molecule has 1 aliphatic carbocycles. The first kappa shape index (κ1) is 20.7. The number of fused-ring (bicyclic) bond motifs is 1. The SMILES string of the molecule is COc1cc(=O)n2c(c1C(=O)N1CCNC(=O)C1)CCN(C[C@@H]1CC=CCC1)CC2. The first-order valence-corrected chi connectivity index (χ1v) is 10.8. The quantitative estimate of drug-likeness (QED) is 0.732. The van der Waals surface area contributed by atoms with Crippen LogP contribution in [0.25, 0.3) is 0 Å². The lowest BCUT2D eigenvalue weighted by atomic mass is 9.94. The zero-order chi connectivity index (χ0) is 21.1. The lowest BCUT2D eigenvalue weighted by Crippen LogP contribution is -2.50. The zero-order valence-electron chi connectivity index (χ0n) is 17.6. The minimum absolute atomic E-state index is 0.0296. The molecule has 8 nitrogen and oxygen atoms in total. The number of carbonyl (C=O) groups excluding carboxylic acids is 2. The highest BCUT2D eigenvalue weighted by Gasteiger charge is 2.30. The zero-order valence-corrected chi connectivity index (χ0v) is 17.6. The van der Waals surface area contributed by atoms with E-state index in [0.29, 0.717) is 43.3 Å². The van der Waals surface area contributed by atoms with Gasteiger partial charge in [0, 0.05) is 57.4 Å². The minimum Gasteiger partial charge on any atom is -0.496 e. The summed E-state index contributed by atoms with van der Waals surface area (Å²) in [5.41, 5.74) is 1.01. The van der Waals surface area contributed by atoms with E-state index in [4.69, 9.17) is 4.74 Å². The van der Waals surface area contributed by atoms with Crippen molar-refractivity contribution in [2.24, 2.45) is 5.92 Å². The third-order valence-electron chi connectivity index (χ3n) is 6.34. The largest absolute Gasteiger partial charge is 0.496 e. The van der Waals surface area contributed by atoms with Gasteiger partial charge in [-0.3, -0.25) is 14.4 Å². The molecule has 0 bridgehead atoms. The highest BCUT2D eigenvalue weighted by Crippen LogP contribution is 2.26. The number of rotatable bonds is 4. The van der Waals surface area contributed by atoms with Gasteiger partial charge in [0.1, 0.15) is 11.3 Å². The number of aromatic nitrogens is 1. The van der Waals surface area contributed by atoms with E-state index < -0.39 is 0 Å². The number of hydrogen-bond acceptors (Lipinski definition) is 5. The Bertz CT molecular complexity index is 907. The van der Waals surface area contributed by atoms with Crippen molar-refractivity contribution in [1.29, 1.82) is 0 Å². The number of nitrogens with zero attached hydrogens (tertiary/aromatic N) is 3. The van der Waals surface area contributed by atoms with Crippen LogP contribution in [0.3, 0.4) is 0 Å². The maximum atomic E-state index is 13.3. The van der Waals surface area contributed by atoms with Crippen LogP contribution in [0.5, 0.6) is 5.75 Å². The Kier molecular flexibility index (Phi) is 6.22. The van der Waals surface area contributed by atoms with Crippen molar-refractivity contribution in [3.8, 4) is 5.75 Å². The molecule has 30 heavy (non-hydrogen) atoms. The number of hydrogen-bond donors (Lipinski definition) is 1. The summed E-state index contributed by atoms with van der Waals surface area (Å²) < 4.78 is 7.16. The summed E-state index contributed by atoms with van der Waals surface area (Å²) in [6, 6.07) is 1.41. The average Bonchev–Trinajstić information content (AvgIpc) is 2.97. The van der Waals surface area contributed by atoms with Crippen LogP contribution >= 0.6 is 0 Å². The van der Waals surface area contributed by atoms with Crippen molar-refractivity contribution in [3.05, 3.63) is 39.8 Å². The molecule has 3 heterocycles. The molecule has 1 saturated heterocycles. The topological polar surface area (TPSA) is 83.9 Å². The summed E-state index contributed by atoms with van der Waals surface area (Å²) in [5.74, 6) is 0.542. The summed E-state index contributed by atoms with van der Waals surface area (Å²) in [6.45, 7) is 4.08. The second kappa shape index (κ2) is 9.04. The molecule has 0 saturated carbocycles. The van der Waals surface area contributed by atoms with E-state index in [1.165, 1.54) is 19.6 Å². The predicted molar refractivity (Wildman–Crippen MR) is 113 cm³/mol. The third-order valence-corrected chi connectivity index (χ3v) is 6.34. The second-order valence-corrected chi connectivity index (χ2v) is 8.30. The number of amides is 2. The third kappa shape index (κ3) is 4.28. The van der Waals surface area contributed by atoms with Crippen LogP contribution < -0.4 is 15.6 Å². The molecule has 1 N–H and O–H groups in total. The van der Waals surface area contributed by atoms with Gasteiger partial charge in [0.2, 0.25) is 5.91 Å². The number of methoxy groups -OCH3 is 1. The Morgan fingerprint density at radius 1 is 1.20 bits per heavy atom. The predicted octanol–water partition coefficient (Wildman–Crippen LogP) is 0.643. The Labute approximate surface area is 176 Å². The molecule has 3 aliphatic rings. The number of pyridine rings is 1. The standard InChI is InChI=1S/C22H30N4O4/c1-30-18-13-20(28)26-12-11-24(14-16-5-3-2-4-6-16)9-7-17(26)21(18)22(29)25-10-8-23-19(27)15-25/h2-3,13,16H,4-12,14-15H2,1H3,(H,23,27)/t16-/m1/s1. The molecule has 0 spiro atoms. The van der Waals surface area contributed by atoms with E-state index >= 15 is 0 Å². The van der Waals surface area contributed by atoms with E-state index in [2.05, 4.69) is 22.4 Å². The molecule has 1 atom stereocenters. The molecular formula is C22H30N4O4. The summed E-state index contributed by atoms with van der Waals surface area (Å²) in [6.07, 6.45) is 8.57. The number of allylic oxidation sites excluding steroid dienone is 2. The minimum atomic E-state index is -0.240. The van der Waals surface area contributed by atoms with Gasteiger partial charge >= 0.3 is 0 Å². The van der Waals surface area contributed by atoms with Crippen molar-refractivity contribution in [2.45, 2.75) is 32.2 Å². The number of nitrogens with one attached hydrogen (secondary N) is 1. The molecule has 2 aliphatic heterocycles. The summed E-state index contributed by atoms with van der Waals surface area (Å²) in [4.78, 5) is 41.9. The van der Waals surface area contributed by atoms with E-state index in [1.54, 1.807) is 9.47 Å². The van der Waals surface area contributed by atoms with Gasteiger partial charge in [-0.05, 0) is 25.2 Å². The van der Waals surface area contributed by atoms with Gasteiger partial charge in [-0.15, -0.1) is 0 Å². The summed E-state index contributed by atoms with van der Waals surface area (Å²) in [7, 11) is 1.48. The lowest BCUT2D eigenvalue weighted by Gasteiger charge is -2.28. The van der Waals surface area contributed by atoms with E-state index in [9.17, 15) is 14.4 Å². The molecular weight excluding hydrogens is 384 g/mol. The van der Waals surface area contributed by atoms with Gasteiger partial charge in [0.15, 0.2) is 0 Å². The van der Waals surface area contributed by atoms with E-state index in [0.717, 1.165) is 38.2 Å². The van der Waals surface area contributed by atoms with E-state index in [1.807, 2.05) is 0 Å². The Morgan fingerprint density at radius 3 is 2.80 bits per heavy atom. The van der Waals surface area contributed by atoms with Gasteiger partial charge in [-0.25, -0.2) is 0 Å². The Hall–Kier alpha value is -2.61. The van der Waals surface area contributed by atoms with Gasteiger partial charge in [-0.1, -0.05) is 12.2 Å². The molecule has 1 aromatic rings. The first-order valence-electron chi connectivity index (χ1n) is 10.8. The first-order chi connectivity index (χ1) is 14.6. The Morgan fingerprint density at radius 2 is 2.07 bits per heavy atom. The van der Waals surface area contributed by atoms with Gasteiger partial charge < -0.3 is 24.4 Å². The van der Waals surface area contributed by atoms with Gasteiger partial charge in [0.05, 0.1) is 13.7 Å². The van der Waals surface area contributed by atoms with Crippen molar-refractivity contribution in [1.82, 2.24) is 19.7 Å². The normalized spacial score (nSPS) is 22.2. The van der Waals surface area contributed by atoms with Crippen LogP contribution in [0.15, 0.2) is 23.0 Å². The number of ether oxygens (including phenoxy) is 1. The van der Waals surface area contributed by atoms with Gasteiger partial charge in [-0.2, -0.15) is 0 Å². The summed E-state index contributed by atoms with van der Waals surface area (Å²) in [5, 5.41) is 2.74. The highest BCUT2D eigenvalue weighted by atomic mass is 16.5. The smallest absolute Gasteiger partial charge is 0.259 e. The molecule has 162 valence electrons. The molecule has 0 aromatic carbocycles. The molecule has 4 rings (SSSR count). The van der Waals surface area contributed by atoms with Crippen molar-refractivity contribution in [3.63, 3.8) is 0 Å². The van der Waals surface area contributed by atoms with Gasteiger partial charge in [0.25, 0.3) is 11.5 Å². The number of piperazine rings is 1. The van der Waals surface area contributed by atoms with Crippen LogP contribution in [0.1, 0.15) is 35.3 Å². The summed E-state index contributed by atoms with van der Waals surface area (Å²) >= 11 is 0. The van der Waals surface area contributed by atoms with Crippen LogP contribution in [0.2, 0.25) is 0 Å². The molecule has 1 fully saturated rings. The fraction of sp³-hybridized carbons (Fsp3) is 0.591.